The molecule has 0 saturated heterocycles. The summed E-state index contributed by atoms with van der Waals surface area (Å²) in [6, 6.07) is 29.0. The van der Waals surface area contributed by atoms with Crippen molar-refractivity contribution < 1.29 is 17.5 Å². The van der Waals surface area contributed by atoms with Crippen LogP contribution in [0.4, 0.5) is 5.69 Å². The molecule has 0 fully saturated rings. The molecule has 6 heteroatoms. The second-order valence-electron chi connectivity index (χ2n) is 7.90. The number of hydrogen-bond donors (Lipinski definition) is 1. The SMILES string of the molecule is Cc1ccccc1N1C=[N+](CCCS(=O)(=O)O)[C@H](c2ccccc2)[C@H]1c1ccccc1. The molecule has 0 unspecified atom stereocenters. The second kappa shape index (κ2) is 9.04. The fourth-order valence-corrected chi connectivity index (χ4v) is 4.84. The minimum Gasteiger partial charge on any atom is -0.286 e. The Morgan fingerprint density at radius 2 is 1.45 bits per heavy atom. The topological polar surface area (TPSA) is 60.6 Å². The summed E-state index contributed by atoms with van der Waals surface area (Å²) in [6.45, 7) is 2.62. The molecule has 0 amide bonds. The highest BCUT2D eigenvalue weighted by Gasteiger charge is 2.45. The van der Waals surface area contributed by atoms with E-state index in [1.807, 2.05) is 36.4 Å². The van der Waals surface area contributed by atoms with Gasteiger partial charge in [-0.15, -0.1) is 0 Å². The maximum atomic E-state index is 11.3. The molecule has 3 aromatic carbocycles. The smallest absolute Gasteiger partial charge is 0.265 e. The van der Waals surface area contributed by atoms with Crippen molar-refractivity contribution in [3.63, 3.8) is 0 Å². The van der Waals surface area contributed by atoms with Crippen LogP contribution in [0.2, 0.25) is 0 Å². The third kappa shape index (κ3) is 4.86. The molecule has 1 heterocycles. The summed E-state index contributed by atoms with van der Waals surface area (Å²) >= 11 is 0. The molecule has 0 spiro atoms. The van der Waals surface area contributed by atoms with Crippen molar-refractivity contribution >= 4 is 22.1 Å². The third-order valence-electron chi connectivity index (χ3n) is 5.72. The summed E-state index contributed by atoms with van der Waals surface area (Å²) in [5.41, 5.74) is 4.64. The first-order chi connectivity index (χ1) is 14.9. The van der Waals surface area contributed by atoms with Crippen LogP contribution in [0.3, 0.4) is 0 Å². The predicted octanol–water partition coefficient (Wildman–Crippen LogP) is 4.62. The van der Waals surface area contributed by atoms with Crippen molar-refractivity contribution in [1.29, 1.82) is 0 Å². The van der Waals surface area contributed by atoms with Crippen LogP contribution in [0.5, 0.6) is 0 Å². The van der Waals surface area contributed by atoms with Gasteiger partial charge in [0.2, 0.25) is 6.34 Å². The average molecular weight is 436 g/mol. The van der Waals surface area contributed by atoms with Crippen LogP contribution in [-0.2, 0) is 10.1 Å². The lowest BCUT2D eigenvalue weighted by Gasteiger charge is -2.25. The van der Waals surface area contributed by atoms with Crippen LogP contribution in [0.15, 0.2) is 84.9 Å². The molecule has 1 aliphatic heterocycles. The summed E-state index contributed by atoms with van der Waals surface area (Å²) in [4.78, 5) is 2.29. The van der Waals surface area contributed by atoms with E-state index in [1.54, 1.807) is 0 Å². The quantitative estimate of drug-likeness (QED) is 0.435. The molecule has 1 N–H and O–H groups in total. The van der Waals surface area contributed by atoms with Gasteiger partial charge in [0.15, 0.2) is 12.1 Å². The highest BCUT2D eigenvalue weighted by molar-refractivity contribution is 7.85. The maximum Gasteiger partial charge on any atom is 0.265 e. The molecule has 3 aromatic rings. The molecule has 1 aliphatic rings. The predicted molar refractivity (Wildman–Crippen MR) is 124 cm³/mol. The zero-order valence-electron chi connectivity index (χ0n) is 17.5. The van der Waals surface area contributed by atoms with Crippen molar-refractivity contribution in [2.45, 2.75) is 25.4 Å². The van der Waals surface area contributed by atoms with Crippen molar-refractivity contribution in [2.24, 2.45) is 0 Å². The number of para-hydroxylation sites is 1. The van der Waals surface area contributed by atoms with Gasteiger partial charge in [0.05, 0.1) is 12.3 Å². The third-order valence-corrected chi connectivity index (χ3v) is 6.53. The lowest BCUT2D eigenvalue weighted by Crippen LogP contribution is -2.27. The number of aryl methyl sites for hydroxylation is 1. The van der Waals surface area contributed by atoms with Gasteiger partial charge in [0, 0.05) is 17.5 Å². The van der Waals surface area contributed by atoms with Crippen molar-refractivity contribution in [2.75, 3.05) is 17.2 Å². The van der Waals surface area contributed by atoms with E-state index < -0.39 is 10.1 Å². The number of benzene rings is 3. The van der Waals surface area contributed by atoms with E-state index in [0.717, 1.165) is 11.3 Å². The lowest BCUT2D eigenvalue weighted by molar-refractivity contribution is -0.563. The molecule has 0 aliphatic carbocycles. The Balaban J connectivity index is 1.81. The Kier molecular flexibility index (Phi) is 6.20. The summed E-state index contributed by atoms with van der Waals surface area (Å²) in [5, 5.41) is 0. The van der Waals surface area contributed by atoms with Gasteiger partial charge in [-0.1, -0.05) is 78.9 Å². The number of hydrogen-bond acceptors (Lipinski definition) is 3. The minimum atomic E-state index is -3.99. The zero-order valence-corrected chi connectivity index (χ0v) is 18.3. The first kappa shape index (κ1) is 21.3. The van der Waals surface area contributed by atoms with E-state index in [4.69, 9.17) is 0 Å². The van der Waals surface area contributed by atoms with Gasteiger partial charge in [0.25, 0.3) is 10.1 Å². The molecule has 160 valence electrons. The van der Waals surface area contributed by atoms with Gasteiger partial charge in [-0.25, -0.2) is 4.90 Å². The molecule has 2 atom stereocenters. The summed E-state index contributed by atoms with van der Waals surface area (Å²) < 4.78 is 34.0. The molecule has 5 nitrogen and oxygen atoms in total. The fraction of sp³-hybridized carbons (Fsp3) is 0.240. The molecular formula is C25H27N2O3S+. The number of rotatable bonds is 7. The van der Waals surface area contributed by atoms with Crippen LogP contribution >= 0.6 is 0 Å². The molecule has 0 bridgehead atoms. The first-order valence-electron chi connectivity index (χ1n) is 10.4. The van der Waals surface area contributed by atoms with Gasteiger partial charge < -0.3 is 0 Å². The van der Waals surface area contributed by atoms with Crippen LogP contribution in [-0.4, -0.2) is 36.2 Å². The van der Waals surface area contributed by atoms with Crippen LogP contribution < -0.4 is 4.90 Å². The minimum absolute atomic E-state index is 0.00426. The largest absolute Gasteiger partial charge is 0.286 e. The van der Waals surface area contributed by atoms with E-state index in [1.165, 1.54) is 11.1 Å². The number of nitrogens with zero attached hydrogens (tertiary/aromatic N) is 2. The van der Waals surface area contributed by atoms with E-state index in [9.17, 15) is 13.0 Å². The van der Waals surface area contributed by atoms with Crippen molar-refractivity contribution in [3.05, 3.63) is 102 Å². The second-order valence-corrected chi connectivity index (χ2v) is 9.47. The summed E-state index contributed by atoms with van der Waals surface area (Å²) in [5.74, 6) is -0.251. The molecule has 0 aromatic heterocycles. The average Bonchev–Trinajstić information content (AvgIpc) is 3.13. The summed E-state index contributed by atoms with van der Waals surface area (Å²) in [6.07, 6.45) is 2.45. The Bertz CT molecular complexity index is 1160. The zero-order chi connectivity index (χ0) is 21.8. The van der Waals surface area contributed by atoms with E-state index in [2.05, 4.69) is 71.3 Å². The van der Waals surface area contributed by atoms with Crippen LogP contribution in [0.1, 0.15) is 35.2 Å². The van der Waals surface area contributed by atoms with Gasteiger partial charge in [-0.3, -0.25) is 9.13 Å². The molecule has 4 rings (SSSR count). The Morgan fingerprint density at radius 1 is 0.871 bits per heavy atom. The van der Waals surface area contributed by atoms with Crippen molar-refractivity contribution in [1.82, 2.24) is 0 Å². The van der Waals surface area contributed by atoms with Gasteiger partial charge in [-0.2, -0.15) is 8.42 Å². The lowest BCUT2D eigenvalue weighted by atomic mass is 9.92. The molecular weight excluding hydrogens is 408 g/mol. The number of anilines is 1. The van der Waals surface area contributed by atoms with Gasteiger partial charge in [-0.05, 0) is 18.6 Å². The van der Waals surface area contributed by atoms with Gasteiger partial charge >= 0.3 is 0 Å². The highest BCUT2D eigenvalue weighted by Crippen LogP contribution is 2.43. The Morgan fingerprint density at radius 3 is 2.06 bits per heavy atom. The fourth-order valence-electron chi connectivity index (χ4n) is 4.35. The van der Waals surface area contributed by atoms with E-state index in [0.29, 0.717) is 13.0 Å². The molecule has 31 heavy (non-hydrogen) atoms. The van der Waals surface area contributed by atoms with Crippen LogP contribution in [0.25, 0.3) is 0 Å². The first-order valence-corrected chi connectivity index (χ1v) is 12.0. The normalized spacial score (nSPS) is 18.8. The highest BCUT2D eigenvalue weighted by atomic mass is 32.2. The van der Waals surface area contributed by atoms with E-state index >= 15 is 0 Å². The van der Waals surface area contributed by atoms with Crippen LogP contribution in [0, 0.1) is 6.92 Å². The maximum absolute atomic E-state index is 11.3. The standard InChI is InChI=1S/C25H26N2O3S/c1-20-11-8-9-16-23(20)27-19-26(17-10-18-31(28,29)30)24(21-12-4-2-5-13-21)25(27)22-14-6-3-7-15-22/h2-9,11-16,19,24-25H,10,17-18H2,1H3/p+1/t24-,25-/m1/s1. The van der Waals surface area contributed by atoms with E-state index in [-0.39, 0.29) is 17.8 Å². The Labute approximate surface area is 184 Å². The van der Waals surface area contributed by atoms with Gasteiger partial charge in [0.1, 0.15) is 5.69 Å². The molecule has 0 saturated carbocycles. The Hall–Kier alpha value is -2.96. The summed E-state index contributed by atoms with van der Waals surface area (Å²) in [7, 11) is -3.99. The van der Waals surface area contributed by atoms with Crippen molar-refractivity contribution in [3.8, 4) is 0 Å². The monoisotopic (exact) mass is 435 g/mol. The molecule has 0 radical (unpaired) electrons.